The van der Waals surface area contributed by atoms with Gasteiger partial charge in [-0.15, -0.1) is 11.3 Å². The van der Waals surface area contributed by atoms with Gasteiger partial charge < -0.3 is 5.32 Å². The second-order valence-electron chi connectivity index (χ2n) is 6.43. The van der Waals surface area contributed by atoms with Gasteiger partial charge in [-0.1, -0.05) is 23.7 Å². The van der Waals surface area contributed by atoms with Crippen LogP contribution in [0.2, 0.25) is 4.34 Å². The topological polar surface area (TPSA) is 75.3 Å². The predicted octanol–water partition coefficient (Wildman–Crippen LogP) is 5.14. The van der Waals surface area contributed by atoms with E-state index in [0.29, 0.717) is 9.90 Å². The highest BCUT2D eigenvalue weighted by atomic mass is 35.5. The standard InChI is InChI=1S/C20H18ClFN2O3S2/c1-12-6-7-16(11-17(12)22)29(26,27)24-15-5-3-4-14(10-15)20(25)23-13(2)18-8-9-19(21)28-18/h3-11,13,24H,1-2H3,(H,23,25). The molecule has 0 saturated heterocycles. The Morgan fingerprint density at radius 1 is 1.14 bits per heavy atom. The van der Waals surface area contributed by atoms with Gasteiger partial charge in [0.05, 0.1) is 15.3 Å². The van der Waals surface area contributed by atoms with Gasteiger partial charge in [0.2, 0.25) is 0 Å². The van der Waals surface area contributed by atoms with Crippen LogP contribution in [0, 0.1) is 12.7 Å². The second-order valence-corrected chi connectivity index (χ2v) is 9.86. The maximum absolute atomic E-state index is 13.7. The number of nitrogens with one attached hydrogen (secondary N) is 2. The minimum atomic E-state index is -3.99. The van der Waals surface area contributed by atoms with Crippen LogP contribution in [0.15, 0.2) is 59.5 Å². The van der Waals surface area contributed by atoms with E-state index >= 15 is 0 Å². The number of hydrogen-bond donors (Lipinski definition) is 2. The van der Waals surface area contributed by atoms with Gasteiger partial charge in [-0.3, -0.25) is 9.52 Å². The van der Waals surface area contributed by atoms with Gasteiger partial charge in [0.1, 0.15) is 5.82 Å². The number of benzene rings is 2. The van der Waals surface area contributed by atoms with E-state index in [2.05, 4.69) is 10.0 Å². The van der Waals surface area contributed by atoms with E-state index in [1.165, 1.54) is 35.6 Å². The van der Waals surface area contributed by atoms with Crippen molar-refractivity contribution in [3.8, 4) is 0 Å². The van der Waals surface area contributed by atoms with Crippen molar-refractivity contribution in [2.24, 2.45) is 0 Å². The summed E-state index contributed by atoms with van der Waals surface area (Å²) >= 11 is 7.30. The Kier molecular flexibility index (Phi) is 6.26. The first-order valence-electron chi connectivity index (χ1n) is 8.61. The van der Waals surface area contributed by atoms with Gasteiger partial charge in [0, 0.05) is 16.1 Å². The van der Waals surface area contributed by atoms with Crippen LogP contribution in [0.5, 0.6) is 0 Å². The van der Waals surface area contributed by atoms with E-state index in [1.807, 2.05) is 13.0 Å². The highest BCUT2D eigenvalue weighted by Gasteiger charge is 2.18. The number of amides is 1. The van der Waals surface area contributed by atoms with Crippen molar-refractivity contribution < 1.29 is 17.6 Å². The molecular formula is C20H18ClFN2O3S2. The molecule has 2 N–H and O–H groups in total. The van der Waals surface area contributed by atoms with E-state index in [1.54, 1.807) is 25.1 Å². The minimum Gasteiger partial charge on any atom is -0.345 e. The van der Waals surface area contributed by atoms with Gasteiger partial charge in [0.15, 0.2) is 0 Å². The Hall–Kier alpha value is -2.42. The molecule has 0 saturated carbocycles. The van der Waals surface area contributed by atoms with E-state index in [4.69, 9.17) is 11.6 Å². The van der Waals surface area contributed by atoms with Gasteiger partial charge in [-0.2, -0.15) is 0 Å². The molecule has 1 aromatic heterocycles. The van der Waals surface area contributed by atoms with Gasteiger partial charge in [-0.05, 0) is 61.9 Å². The lowest BCUT2D eigenvalue weighted by molar-refractivity contribution is 0.0940. The third-order valence-corrected chi connectivity index (χ3v) is 6.99. The summed E-state index contributed by atoms with van der Waals surface area (Å²) in [6.07, 6.45) is 0. The smallest absolute Gasteiger partial charge is 0.261 e. The average Bonchev–Trinajstić information content (AvgIpc) is 3.10. The van der Waals surface area contributed by atoms with E-state index in [-0.39, 0.29) is 28.1 Å². The molecule has 1 unspecified atom stereocenters. The van der Waals surface area contributed by atoms with Crippen LogP contribution in [0.25, 0.3) is 0 Å². The molecule has 29 heavy (non-hydrogen) atoms. The summed E-state index contributed by atoms with van der Waals surface area (Å²) in [5, 5.41) is 2.85. The van der Waals surface area contributed by atoms with E-state index < -0.39 is 15.8 Å². The number of hydrogen-bond acceptors (Lipinski definition) is 4. The molecule has 1 heterocycles. The molecule has 9 heteroatoms. The molecule has 5 nitrogen and oxygen atoms in total. The SMILES string of the molecule is Cc1ccc(S(=O)(=O)Nc2cccc(C(=O)NC(C)c3ccc(Cl)s3)c2)cc1F. The Morgan fingerprint density at radius 3 is 2.55 bits per heavy atom. The quantitative estimate of drug-likeness (QED) is 0.543. The number of halogens is 2. The Balaban J connectivity index is 1.76. The first-order chi connectivity index (χ1) is 13.7. The van der Waals surface area contributed by atoms with Crippen LogP contribution in [-0.4, -0.2) is 14.3 Å². The molecule has 0 aliphatic rings. The third kappa shape index (κ3) is 5.14. The fraction of sp³-hybridized carbons (Fsp3) is 0.150. The maximum atomic E-state index is 13.7. The van der Waals surface area contributed by atoms with Gasteiger partial charge in [-0.25, -0.2) is 12.8 Å². The number of rotatable bonds is 6. The normalized spacial score (nSPS) is 12.4. The fourth-order valence-electron chi connectivity index (χ4n) is 2.59. The number of anilines is 1. The van der Waals surface area contributed by atoms with Crippen molar-refractivity contribution in [2.75, 3.05) is 4.72 Å². The molecule has 1 amide bonds. The molecule has 0 aliphatic carbocycles. The summed E-state index contributed by atoms with van der Waals surface area (Å²) in [6.45, 7) is 3.38. The number of carbonyl (C=O) groups excluding carboxylic acids is 1. The van der Waals surface area contributed by atoms with Crippen molar-refractivity contribution in [1.29, 1.82) is 0 Å². The van der Waals surface area contributed by atoms with Crippen molar-refractivity contribution in [2.45, 2.75) is 24.8 Å². The van der Waals surface area contributed by atoms with Gasteiger partial charge >= 0.3 is 0 Å². The average molecular weight is 453 g/mol. The molecule has 0 aliphatic heterocycles. The summed E-state index contributed by atoms with van der Waals surface area (Å²) < 4.78 is 41.8. The second kappa shape index (κ2) is 8.52. The van der Waals surface area contributed by atoms with Crippen LogP contribution >= 0.6 is 22.9 Å². The van der Waals surface area contributed by atoms with E-state index in [0.717, 1.165) is 10.9 Å². The molecular weight excluding hydrogens is 435 g/mol. The molecule has 0 spiro atoms. The van der Waals surface area contributed by atoms with Crippen LogP contribution in [0.3, 0.4) is 0 Å². The molecule has 3 rings (SSSR count). The molecule has 0 fully saturated rings. The van der Waals surface area contributed by atoms with Crippen molar-refractivity contribution >= 4 is 44.6 Å². The highest BCUT2D eigenvalue weighted by molar-refractivity contribution is 7.92. The van der Waals surface area contributed by atoms with Crippen LogP contribution in [-0.2, 0) is 10.0 Å². The minimum absolute atomic E-state index is 0.196. The van der Waals surface area contributed by atoms with Crippen LogP contribution in [0.4, 0.5) is 10.1 Å². The Bertz CT molecular complexity index is 1160. The summed E-state index contributed by atoms with van der Waals surface area (Å²) in [4.78, 5) is 13.2. The first kappa shape index (κ1) is 21.3. The number of aryl methyl sites for hydroxylation is 1. The molecule has 152 valence electrons. The largest absolute Gasteiger partial charge is 0.345 e. The number of sulfonamides is 1. The number of thiophene rings is 1. The zero-order chi connectivity index (χ0) is 21.2. The molecule has 0 radical (unpaired) electrons. The van der Waals surface area contributed by atoms with Crippen LogP contribution in [0.1, 0.15) is 33.8 Å². The summed E-state index contributed by atoms with van der Waals surface area (Å²) in [6, 6.07) is 13.1. The lowest BCUT2D eigenvalue weighted by Gasteiger charge is -2.13. The van der Waals surface area contributed by atoms with Crippen molar-refractivity contribution in [1.82, 2.24) is 5.32 Å². The zero-order valence-corrected chi connectivity index (χ0v) is 18.0. The predicted molar refractivity (Wildman–Crippen MR) is 114 cm³/mol. The summed E-state index contributed by atoms with van der Waals surface area (Å²) in [5.41, 5.74) is 0.837. The lowest BCUT2D eigenvalue weighted by atomic mass is 10.1. The fourth-order valence-corrected chi connectivity index (χ4v) is 4.72. The third-order valence-electron chi connectivity index (χ3n) is 4.20. The first-order valence-corrected chi connectivity index (χ1v) is 11.3. The monoisotopic (exact) mass is 452 g/mol. The molecule has 2 aromatic carbocycles. The molecule has 0 bridgehead atoms. The van der Waals surface area contributed by atoms with Gasteiger partial charge in [0.25, 0.3) is 15.9 Å². The number of carbonyl (C=O) groups is 1. The van der Waals surface area contributed by atoms with Crippen molar-refractivity contribution in [3.63, 3.8) is 0 Å². The van der Waals surface area contributed by atoms with Crippen LogP contribution < -0.4 is 10.0 Å². The highest BCUT2D eigenvalue weighted by Crippen LogP contribution is 2.27. The maximum Gasteiger partial charge on any atom is 0.261 e. The Morgan fingerprint density at radius 2 is 1.90 bits per heavy atom. The van der Waals surface area contributed by atoms with E-state index in [9.17, 15) is 17.6 Å². The molecule has 1 atom stereocenters. The van der Waals surface area contributed by atoms with Crippen molar-refractivity contribution in [3.05, 3.63) is 80.8 Å². The zero-order valence-electron chi connectivity index (χ0n) is 15.6. The molecule has 3 aromatic rings. The summed E-state index contributed by atoms with van der Waals surface area (Å²) in [7, 11) is -3.99. The lowest BCUT2D eigenvalue weighted by Crippen LogP contribution is -2.26. The Labute approximate surface area is 177 Å². The summed E-state index contributed by atoms with van der Waals surface area (Å²) in [5.74, 6) is -0.965.